The van der Waals surface area contributed by atoms with Crippen LogP contribution in [0, 0.1) is 10.1 Å². The third kappa shape index (κ3) is 4.65. The topological polar surface area (TPSA) is 80.4 Å². The van der Waals surface area contributed by atoms with Gasteiger partial charge in [-0.3, -0.25) is 14.9 Å². The lowest BCUT2D eigenvalue weighted by Gasteiger charge is -2.19. The molecule has 0 aliphatic carbocycles. The van der Waals surface area contributed by atoms with Crippen molar-refractivity contribution in [3.63, 3.8) is 0 Å². The summed E-state index contributed by atoms with van der Waals surface area (Å²) in [4.78, 5) is 27.0. The first kappa shape index (κ1) is 23.4. The Labute approximate surface area is 198 Å². The van der Waals surface area contributed by atoms with Crippen molar-refractivity contribution < 1.29 is 4.92 Å². The molecule has 0 fully saturated rings. The lowest BCUT2D eigenvalue weighted by atomic mass is 10.1. The van der Waals surface area contributed by atoms with Crippen LogP contribution in [0.15, 0.2) is 65.5 Å². The van der Waals surface area contributed by atoms with Gasteiger partial charge >= 0.3 is 0 Å². The second-order valence-corrected chi connectivity index (χ2v) is 8.79. The maximum Gasteiger partial charge on any atom is 0.293 e. The molecule has 0 saturated heterocycles. The predicted octanol–water partition coefficient (Wildman–Crippen LogP) is 5.19. The van der Waals surface area contributed by atoms with Crippen LogP contribution in [-0.2, 0) is 19.5 Å². The summed E-state index contributed by atoms with van der Waals surface area (Å²) in [5.74, 6) is 0. The van der Waals surface area contributed by atoms with E-state index in [4.69, 9.17) is 0 Å². The van der Waals surface area contributed by atoms with Gasteiger partial charge in [-0.05, 0) is 62.8 Å². The van der Waals surface area contributed by atoms with Gasteiger partial charge in [-0.2, -0.15) is 0 Å². The minimum atomic E-state index is -0.401. The zero-order chi connectivity index (χ0) is 24.2. The normalized spacial score (nSPS) is 11.4. The first-order valence-electron chi connectivity index (χ1n) is 11.6. The van der Waals surface area contributed by atoms with E-state index in [-0.39, 0.29) is 11.1 Å². The van der Waals surface area contributed by atoms with Crippen molar-refractivity contribution in [1.82, 2.24) is 9.47 Å². The molecule has 0 radical (unpaired) electrons. The summed E-state index contributed by atoms with van der Waals surface area (Å²) in [6.45, 7) is 4.10. The standard InChI is InChI=1S/C27H30N4O3/c1-4-19-12-14-20(15-13-19)18-28-23-10-5-8-21-25(23)30(17-7-16-29(2)3)26-22(27(21)32)9-6-11-24(26)31(33)34/h5-6,8-15,28H,4,7,16-18H2,1-3H3. The summed E-state index contributed by atoms with van der Waals surface area (Å²) < 4.78 is 1.95. The second-order valence-electron chi connectivity index (χ2n) is 8.79. The molecule has 7 heteroatoms. The molecule has 0 atom stereocenters. The summed E-state index contributed by atoms with van der Waals surface area (Å²) in [6.07, 6.45) is 1.78. The molecule has 0 aliphatic rings. The average molecular weight is 459 g/mol. The maximum atomic E-state index is 13.4. The molecule has 1 aromatic heterocycles. The monoisotopic (exact) mass is 458 g/mol. The molecule has 0 bridgehead atoms. The number of non-ortho nitro benzene ring substituents is 1. The molecule has 4 aromatic rings. The molecular weight excluding hydrogens is 428 g/mol. The molecular formula is C27H30N4O3. The van der Waals surface area contributed by atoms with Crippen LogP contribution in [0.3, 0.4) is 0 Å². The second kappa shape index (κ2) is 10.1. The van der Waals surface area contributed by atoms with Gasteiger partial charge < -0.3 is 14.8 Å². The number of para-hydroxylation sites is 2. The molecule has 0 saturated carbocycles. The van der Waals surface area contributed by atoms with Crippen molar-refractivity contribution in [3.05, 3.63) is 92.1 Å². The number of nitro groups is 1. The van der Waals surface area contributed by atoms with E-state index in [0.717, 1.165) is 30.6 Å². The number of fused-ring (bicyclic) bond motifs is 2. The Morgan fingerprint density at radius 2 is 1.59 bits per heavy atom. The Morgan fingerprint density at radius 3 is 2.24 bits per heavy atom. The highest BCUT2D eigenvalue weighted by Gasteiger charge is 2.21. The summed E-state index contributed by atoms with van der Waals surface area (Å²) >= 11 is 0. The number of anilines is 1. The van der Waals surface area contributed by atoms with Crippen LogP contribution in [0.25, 0.3) is 21.8 Å². The van der Waals surface area contributed by atoms with Crippen LogP contribution in [0.1, 0.15) is 24.5 Å². The molecule has 0 aliphatic heterocycles. The summed E-state index contributed by atoms with van der Waals surface area (Å²) in [7, 11) is 4.00. The van der Waals surface area contributed by atoms with E-state index in [0.29, 0.717) is 34.9 Å². The van der Waals surface area contributed by atoms with Gasteiger partial charge in [-0.1, -0.05) is 43.3 Å². The van der Waals surface area contributed by atoms with E-state index in [1.807, 2.05) is 30.8 Å². The van der Waals surface area contributed by atoms with Crippen molar-refractivity contribution >= 4 is 33.2 Å². The number of nitro benzene ring substituents is 1. The van der Waals surface area contributed by atoms with Crippen molar-refractivity contribution in [1.29, 1.82) is 0 Å². The van der Waals surface area contributed by atoms with Gasteiger partial charge in [0.25, 0.3) is 5.69 Å². The lowest BCUT2D eigenvalue weighted by molar-refractivity contribution is -0.383. The predicted molar refractivity (Wildman–Crippen MR) is 139 cm³/mol. The van der Waals surface area contributed by atoms with Crippen LogP contribution in [-0.4, -0.2) is 35.0 Å². The fourth-order valence-corrected chi connectivity index (χ4v) is 4.42. The number of benzene rings is 3. The van der Waals surface area contributed by atoms with Gasteiger partial charge in [0.1, 0.15) is 5.52 Å². The van der Waals surface area contributed by atoms with Crippen molar-refractivity contribution in [3.8, 4) is 0 Å². The SMILES string of the molecule is CCc1ccc(CNc2cccc3c(=O)c4cccc([N+](=O)[O-])c4n(CCCN(C)C)c23)cc1. The van der Waals surface area contributed by atoms with E-state index in [2.05, 4.69) is 41.4 Å². The highest BCUT2D eigenvalue weighted by atomic mass is 16.6. The molecule has 1 heterocycles. The van der Waals surface area contributed by atoms with Crippen LogP contribution >= 0.6 is 0 Å². The molecule has 0 amide bonds. The minimum Gasteiger partial charge on any atom is -0.379 e. The number of aromatic nitrogens is 1. The molecule has 7 nitrogen and oxygen atoms in total. The number of nitrogens with one attached hydrogen (secondary N) is 1. The third-order valence-electron chi connectivity index (χ3n) is 6.18. The molecule has 176 valence electrons. The van der Waals surface area contributed by atoms with Gasteiger partial charge in [-0.25, -0.2) is 0 Å². The average Bonchev–Trinajstić information content (AvgIpc) is 2.84. The van der Waals surface area contributed by atoms with Gasteiger partial charge in [0, 0.05) is 24.5 Å². The van der Waals surface area contributed by atoms with Crippen molar-refractivity contribution in [2.24, 2.45) is 0 Å². The van der Waals surface area contributed by atoms with Gasteiger partial charge in [0.15, 0.2) is 5.43 Å². The fraction of sp³-hybridized carbons (Fsp3) is 0.296. The Morgan fingerprint density at radius 1 is 0.941 bits per heavy atom. The minimum absolute atomic E-state index is 0.0497. The highest BCUT2D eigenvalue weighted by molar-refractivity contribution is 6.01. The van der Waals surface area contributed by atoms with E-state index in [9.17, 15) is 14.9 Å². The van der Waals surface area contributed by atoms with Crippen LogP contribution in [0.5, 0.6) is 0 Å². The molecule has 3 aromatic carbocycles. The van der Waals surface area contributed by atoms with E-state index < -0.39 is 4.92 Å². The van der Waals surface area contributed by atoms with Crippen molar-refractivity contribution in [2.45, 2.75) is 32.9 Å². The van der Waals surface area contributed by atoms with E-state index in [1.165, 1.54) is 11.6 Å². The zero-order valence-electron chi connectivity index (χ0n) is 19.9. The molecule has 4 rings (SSSR count). The third-order valence-corrected chi connectivity index (χ3v) is 6.18. The number of pyridine rings is 1. The largest absolute Gasteiger partial charge is 0.379 e. The number of hydrogen-bond donors (Lipinski definition) is 1. The Bertz CT molecular complexity index is 1390. The lowest BCUT2D eigenvalue weighted by Crippen LogP contribution is -2.18. The molecule has 0 unspecified atom stereocenters. The quantitative estimate of drug-likeness (QED) is 0.212. The molecule has 0 spiro atoms. The first-order valence-corrected chi connectivity index (χ1v) is 11.6. The van der Waals surface area contributed by atoms with Crippen LogP contribution < -0.4 is 10.7 Å². The Kier molecular flexibility index (Phi) is 6.93. The van der Waals surface area contributed by atoms with E-state index in [1.54, 1.807) is 18.2 Å². The van der Waals surface area contributed by atoms with Gasteiger partial charge in [0.05, 0.1) is 21.5 Å². The molecule has 1 N–H and O–H groups in total. The maximum absolute atomic E-state index is 13.4. The first-order chi connectivity index (χ1) is 16.4. The summed E-state index contributed by atoms with van der Waals surface area (Å²) in [6, 6.07) is 18.8. The van der Waals surface area contributed by atoms with Gasteiger partial charge in [0.2, 0.25) is 0 Å². The zero-order valence-corrected chi connectivity index (χ0v) is 19.9. The molecule has 34 heavy (non-hydrogen) atoms. The highest BCUT2D eigenvalue weighted by Crippen LogP contribution is 2.31. The van der Waals surface area contributed by atoms with Gasteiger partial charge in [-0.15, -0.1) is 0 Å². The summed E-state index contributed by atoms with van der Waals surface area (Å²) in [5, 5.41) is 16.3. The number of hydrogen-bond acceptors (Lipinski definition) is 5. The number of aryl methyl sites for hydroxylation is 2. The van der Waals surface area contributed by atoms with E-state index >= 15 is 0 Å². The number of rotatable bonds is 9. The Balaban J connectivity index is 1.89. The number of nitrogens with zero attached hydrogens (tertiary/aromatic N) is 3. The smallest absolute Gasteiger partial charge is 0.293 e. The Hall–Kier alpha value is -3.71. The fourth-order valence-electron chi connectivity index (χ4n) is 4.42. The van der Waals surface area contributed by atoms with Crippen LogP contribution in [0.4, 0.5) is 11.4 Å². The van der Waals surface area contributed by atoms with Crippen LogP contribution in [0.2, 0.25) is 0 Å². The summed E-state index contributed by atoms with van der Waals surface area (Å²) in [5.41, 5.74) is 4.05. The van der Waals surface area contributed by atoms with Crippen molar-refractivity contribution in [2.75, 3.05) is 26.0 Å².